The highest BCUT2D eigenvalue weighted by atomic mass is 16.5. The zero-order valence-electron chi connectivity index (χ0n) is 14.5. The highest BCUT2D eigenvalue weighted by Gasteiger charge is 2.27. The summed E-state index contributed by atoms with van der Waals surface area (Å²) in [4.78, 5) is 25.5. The van der Waals surface area contributed by atoms with E-state index >= 15 is 0 Å². The van der Waals surface area contributed by atoms with Gasteiger partial charge in [-0.25, -0.2) is 0 Å². The van der Waals surface area contributed by atoms with Crippen molar-refractivity contribution < 1.29 is 23.8 Å². The summed E-state index contributed by atoms with van der Waals surface area (Å²) in [5.74, 6) is 0.403. The molecule has 2 amide bonds. The lowest BCUT2D eigenvalue weighted by Crippen LogP contribution is -2.40. The van der Waals surface area contributed by atoms with Crippen LogP contribution in [0.1, 0.15) is 24.8 Å². The van der Waals surface area contributed by atoms with E-state index in [4.69, 9.17) is 14.2 Å². The van der Waals surface area contributed by atoms with Gasteiger partial charge in [0.1, 0.15) is 11.6 Å². The van der Waals surface area contributed by atoms with Crippen molar-refractivity contribution in [2.24, 2.45) is 0 Å². The van der Waals surface area contributed by atoms with Crippen molar-refractivity contribution in [3.63, 3.8) is 0 Å². The molecule has 0 radical (unpaired) electrons. The number of imide groups is 1. The largest absolute Gasteiger partial charge is 0.493 e. The van der Waals surface area contributed by atoms with Crippen LogP contribution in [0.3, 0.4) is 0 Å². The van der Waals surface area contributed by atoms with Gasteiger partial charge in [0, 0.05) is 13.0 Å². The highest BCUT2D eigenvalue weighted by Crippen LogP contribution is 2.38. The third-order valence-electron chi connectivity index (χ3n) is 3.92. The Labute approximate surface area is 146 Å². The molecule has 0 bridgehead atoms. The van der Waals surface area contributed by atoms with E-state index in [2.05, 4.69) is 0 Å². The van der Waals surface area contributed by atoms with Crippen molar-refractivity contribution >= 4 is 17.9 Å². The molecule has 2 rings (SSSR count). The van der Waals surface area contributed by atoms with Gasteiger partial charge in [-0.05, 0) is 36.6 Å². The molecule has 0 aliphatic carbocycles. The number of hydrogen-bond acceptors (Lipinski definition) is 6. The van der Waals surface area contributed by atoms with Crippen LogP contribution in [0.5, 0.6) is 17.2 Å². The van der Waals surface area contributed by atoms with E-state index in [9.17, 15) is 14.9 Å². The second kappa shape index (κ2) is 8.20. The molecule has 25 heavy (non-hydrogen) atoms. The number of nitrogens with zero attached hydrogens (tertiary/aromatic N) is 2. The molecular weight excluding hydrogens is 324 g/mol. The summed E-state index contributed by atoms with van der Waals surface area (Å²) in [6, 6.07) is 5.13. The van der Waals surface area contributed by atoms with Crippen LogP contribution in [0.15, 0.2) is 17.7 Å². The number of likely N-dealkylation sites (tertiary alicyclic amines) is 1. The van der Waals surface area contributed by atoms with Crippen molar-refractivity contribution in [2.75, 3.05) is 27.9 Å². The first-order valence-corrected chi connectivity index (χ1v) is 7.82. The molecule has 0 N–H and O–H groups in total. The number of ether oxygens (including phenoxy) is 3. The van der Waals surface area contributed by atoms with E-state index in [0.29, 0.717) is 35.8 Å². The zero-order valence-corrected chi connectivity index (χ0v) is 14.5. The molecule has 7 heteroatoms. The predicted octanol–water partition coefficient (Wildman–Crippen LogP) is 2.16. The van der Waals surface area contributed by atoms with Gasteiger partial charge in [0.25, 0.3) is 5.91 Å². The van der Waals surface area contributed by atoms with Crippen LogP contribution in [-0.4, -0.2) is 44.6 Å². The Bertz CT molecular complexity index is 723. The Morgan fingerprint density at radius 3 is 2.28 bits per heavy atom. The van der Waals surface area contributed by atoms with Crippen LogP contribution in [-0.2, 0) is 9.59 Å². The fourth-order valence-corrected chi connectivity index (χ4v) is 2.66. The molecule has 0 atom stereocenters. The van der Waals surface area contributed by atoms with E-state index in [-0.39, 0.29) is 11.5 Å². The molecule has 0 unspecified atom stereocenters. The van der Waals surface area contributed by atoms with Crippen LogP contribution >= 0.6 is 0 Å². The van der Waals surface area contributed by atoms with E-state index in [1.54, 1.807) is 12.1 Å². The van der Waals surface area contributed by atoms with Crippen molar-refractivity contribution in [1.82, 2.24) is 4.90 Å². The molecule has 1 aliphatic heterocycles. The first-order valence-electron chi connectivity index (χ1n) is 7.82. The minimum Gasteiger partial charge on any atom is -0.493 e. The molecule has 0 saturated carbocycles. The lowest BCUT2D eigenvalue weighted by atomic mass is 10.1. The fraction of sp³-hybridized carbons (Fsp3) is 0.389. The predicted molar refractivity (Wildman–Crippen MR) is 90.3 cm³/mol. The topological polar surface area (TPSA) is 88.9 Å². The number of methoxy groups -OCH3 is 3. The molecule has 1 saturated heterocycles. The Morgan fingerprint density at radius 2 is 1.80 bits per heavy atom. The summed E-state index contributed by atoms with van der Waals surface area (Å²) in [5, 5.41) is 9.36. The number of benzene rings is 1. The average Bonchev–Trinajstić information content (AvgIpc) is 2.64. The first kappa shape index (κ1) is 18.3. The molecular formula is C18H20N2O5. The van der Waals surface area contributed by atoms with E-state index < -0.39 is 5.91 Å². The maximum Gasteiger partial charge on any atom is 0.271 e. The number of carbonyl (C=O) groups excluding carboxylic acids is 2. The number of hydrogen-bond donors (Lipinski definition) is 0. The van der Waals surface area contributed by atoms with Crippen molar-refractivity contribution in [1.29, 1.82) is 5.26 Å². The maximum absolute atomic E-state index is 12.5. The minimum absolute atomic E-state index is 0.121. The molecule has 0 aromatic heterocycles. The Hall–Kier alpha value is -3.01. The third-order valence-corrected chi connectivity index (χ3v) is 3.92. The van der Waals surface area contributed by atoms with Gasteiger partial charge < -0.3 is 14.2 Å². The minimum atomic E-state index is -0.582. The zero-order chi connectivity index (χ0) is 18.4. The lowest BCUT2D eigenvalue weighted by molar-refractivity contribution is -0.144. The summed E-state index contributed by atoms with van der Waals surface area (Å²) < 4.78 is 15.8. The Morgan fingerprint density at radius 1 is 1.16 bits per heavy atom. The second-order valence-electron chi connectivity index (χ2n) is 5.44. The third kappa shape index (κ3) is 3.91. The van der Waals surface area contributed by atoms with Crippen LogP contribution in [0.2, 0.25) is 0 Å². The van der Waals surface area contributed by atoms with E-state index in [1.165, 1.54) is 27.4 Å². The average molecular weight is 344 g/mol. The summed E-state index contributed by atoms with van der Waals surface area (Å²) in [6.07, 6.45) is 3.25. The standard InChI is InChI=1S/C18H20N2O5/c1-23-14-9-12(10-15(24-2)17(14)25-3)8-13(11-19)18(22)20-7-5-4-6-16(20)21/h8-10H,4-7H2,1-3H3/b13-8+. The number of carbonyl (C=O) groups is 2. The van der Waals surface area contributed by atoms with Crippen molar-refractivity contribution in [3.05, 3.63) is 23.3 Å². The quantitative estimate of drug-likeness (QED) is 0.601. The first-order chi connectivity index (χ1) is 12.0. The summed E-state index contributed by atoms with van der Waals surface area (Å²) >= 11 is 0. The molecule has 1 aromatic rings. The number of piperidine rings is 1. The van der Waals surface area contributed by atoms with E-state index in [0.717, 1.165) is 17.7 Å². The monoisotopic (exact) mass is 344 g/mol. The van der Waals surface area contributed by atoms with Crippen LogP contribution in [0.4, 0.5) is 0 Å². The normalized spacial score (nSPS) is 14.7. The van der Waals surface area contributed by atoms with Gasteiger partial charge in [-0.2, -0.15) is 5.26 Å². The smallest absolute Gasteiger partial charge is 0.271 e. The molecule has 132 valence electrons. The van der Waals surface area contributed by atoms with Gasteiger partial charge in [-0.3, -0.25) is 14.5 Å². The summed E-state index contributed by atoms with van der Waals surface area (Å²) in [6.45, 7) is 0.339. The highest BCUT2D eigenvalue weighted by molar-refractivity contribution is 6.09. The molecule has 7 nitrogen and oxygen atoms in total. The fourth-order valence-electron chi connectivity index (χ4n) is 2.66. The van der Waals surface area contributed by atoms with Gasteiger partial charge in [0.2, 0.25) is 11.7 Å². The van der Waals surface area contributed by atoms with Crippen molar-refractivity contribution in [2.45, 2.75) is 19.3 Å². The number of amides is 2. The lowest BCUT2D eigenvalue weighted by Gasteiger charge is -2.24. The van der Waals surface area contributed by atoms with Gasteiger partial charge in [0.05, 0.1) is 21.3 Å². The maximum atomic E-state index is 12.5. The number of nitriles is 1. The molecule has 1 aromatic carbocycles. The van der Waals surface area contributed by atoms with Crippen LogP contribution < -0.4 is 14.2 Å². The van der Waals surface area contributed by atoms with Crippen LogP contribution in [0.25, 0.3) is 6.08 Å². The van der Waals surface area contributed by atoms with Gasteiger partial charge in [-0.1, -0.05) is 0 Å². The van der Waals surface area contributed by atoms with Crippen LogP contribution in [0, 0.1) is 11.3 Å². The summed E-state index contributed by atoms with van der Waals surface area (Å²) in [7, 11) is 4.45. The molecule has 1 fully saturated rings. The van der Waals surface area contributed by atoms with Gasteiger partial charge in [0.15, 0.2) is 11.5 Å². The Balaban J connectivity index is 2.40. The van der Waals surface area contributed by atoms with E-state index in [1.807, 2.05) is 6.07 Å². The van der Waals surface area contributed by atoms with Gasteiger partial charge in [-0.15, -0.1) is 0 Å². The SMILES string of the molecule is COc1cc(/C=C(\C#N)C(=O)N2CCCCC2=O)cc(OC)c1OC. The van der Waals surface area contributed by atoms with Crippen molar-refractivity contribution in [3.8, 4) is 23.3 Å². The second-order valence-corrected chi connectivity index (χ2v) is 5.44. The number of rotatable bonds is 5. The summed E-state index contributed by atoms with van der Waals surface area (Å²) in [5.41, 5.74) is 0.411. The Kier molecular flexibility index (Phi) is 6.01. The van der Waals surface area contributed by atoms with Gasteiger partial charge >= 0.3 is 0 Å². The molecule has 0 spiro atoms. The molecule has 1 aliphatic rings. The molecule has 1 heterocycles.